The third kappa shape index (κ3) is 4.10. The molecule has 0 radical (unpaired) electrons. The molecule has 2 aliphatic rings. The molecular formula is C20H21N3O2S2. The van der Waals surface area contributed by atoms with Gasteiger partial charge in [0.2, 0.25) is 0 Å². The van der Waals surface area contributed by atoms with Crippen molar-refractivity contribution in [3.05, 3.63) is 58.9 Å². The van der Waals surface area contributed by atoms with E-state index in [1.807, 2.05) is 6.07 Å². The van der Waals surface area contributed by atoms with E-state index in [4.69, 9.17) is 16.6 Å². The molecule has 1 aromatic heterocycles. The summed E-state index contributed by atoms with van der Waals surface area (Å²) in [5.41, 5.74) is 2.53. The molecule has 2 aromatic rings. The van der Waals surface area contributed by atoms with Crippen LogP contribution in [-0.4, -0.2) is 52.9 Å². The number of hydrogen-bond donors (Lipinski definition) is 0. The summed E-state index contributed by atoms with van der Waals surface area (Å²) in [5.74, 6) is 0.629. The van der Waals surface area contributed by atoms with Crippen LogP contribution in [0.5, 0.6) is 0 Å². The van der Waals surface area contributed by atoms with E-state index in [2.05, 4.69) is 41.0 Å². The van der Waals surface area contributed by atoms with Crippen LogP contribution in [0.3, 0.4) is 0 Å². The third-order valence-corrected chi connectivity index (χ3v) is 6.18. The first-order valence-corrected chi connectivity index (χ1v) is 10.2. The Morgan fingerprint density at radius 3 is 2.56 bits per heavy atom. The number of nitrogens with zero attached hydrogens (tertiary/aromatic N) is 3. The highest BCUT2D eigenvalue weighted by Gasteiger charge is 2.34. The lowest BCUT2D eigenvalue weighted by Crippen LogP contribution is -2.50. The molecule has 27 heavy (non-hydrogen) atoms. The normalized spacial score (nSPS) is 20.1. The first-order valence-electron chi connectivity index (χ1n) is 8.93. The molecule has 0 N–H and O–H groups in total. The highest BCUT2D eigenvalue weighted by molar-refractivity contribution is 8.26. The minimum Gasteiger partial charge on any atom is -0.465 e. The van der Waals surface area contributed by atoms with Gasteiger partial charge in [0.1, 0.15) is 10.1 Å². The molecule has 0 spiro atoms. The van der Waals surface area contributed by atoms with Crippen molar-refractivity contribution in [1.82, 2.24) is 9.80 Å². The molecule has 1 aromatic carbocycles. The van der Waals surface area contributed by atoms with E-state index in [1.165, 1.54) is 23.0 Å². The molecule has 0 aliphatic carbocycles. The molecule has 140 valence electrons. The molecular weight excluding hydrogens is 378 g/mol. The van der Waals surface area contributed by atoms with Gasteiger partial charge in [-0.2, -0.15) is 0 Å². The summed E-state index contributed by atoms with van der Waals surface area (Å²) in [5, 5.41) is 0. The van der Waals surface area contributed by atoms with Gasteiger partial charge in [-0.3, -0.25) is 14.6 Å². The highest BCUT2D eigenvalue weighted by Crippen LogP contribution is 2.32. The van der Waals surface area contributed by atoms with E-state index in [0.717, 1.165) is 26.2 Å². The van der Waals surface area contributed by atoms with Crippen LogP contribution in [0, 0.1) is 6.92 Å². The van der Waals surface area contributed by atoms with Gasteiger partial charge in [0.05, 0.1) is 17.8 Å². The van der Waals surface area contributed by atoms with E-state index in [-0.39, 0.29) is 5.91 Å². The van der Waals surface area contributed by atoms with Gasteiger partial charge in [0, 0.05) is 37.9 Å². The fourth-order valence-corrected chi connectivity index (χ4v) is 4.45. The number of rotatable bonds is 4. The van der Waals surface area contributed by atoms with Crippen molar-refractivity contribution in [2.45, 2.75) is 6.92 Å². The summed E-state index contributed by atoms with van der Waals surface area (Å²) >= 11 is 6.77. The summed E-state index contributed by atoms with van der Waals surface area (Å²) in [6, 6.07) is 12.3. The van der Waals surface area contributed by atoms with Crippen LogP contribution in [0.2, 0.25) is 0 Å². The van der Waals surface area contributed by atoms with Crippen LogP contribution in [-0.2, 0) is 4.79 Å². The number of anilines is 1. The predicted molar refractivity (Wildman–Crippen MR) is 114 cm³/mol. The van der Waals surface area contributed by atoms with Gasteiger partial charge in [-0.1, -0.05) is 41.7 Å². The lowest BCUT2D eigenvalue weighted by molar-refractivity contribution is -0.123. The average Bonchev–Trinajstić information content (AvgIpc) is 3.27. The van der Waals surface area contributed by atoms with E-state index in [0.29, 0.717) is 21.7 Å². The Kier molecular flexibility index (Phi) is 5.33. The monoisotopic (exact) mass is 399 g/mol. The van der Waals surface area contributed by atoms with Gasteiger partial charge in [-0.25, -0.2) is 0 Å². The topological polar surface area (TPSA) is 39.9 Å². The summed E-state index contributed by atoms with van der Waals surface area (Å²) in [4.78, 5) is 19.7. The Hall–Kier alpha value is -2.09. The zero-order valence-corrected chi connectivity index (χ0v) is 16.8. The SMILES string of the molecule is Cc1ccc(N2CCN(CN3C(=O)/C(=C\c4ccco4)SC3=S)CC2)cc1. The summed E-state index contributed by atoms with van der Waals surface area (Å²) in [7, 11) is 0. The molecule has 0 unspecified atom stereocenters. The fourth-order valence-electron chi connectivity index (χ4n) is 3.23. The number of hydrogen-bond acceptors (Lipinski definition) is 6. The smallest absolute Gasteiger partial charge is 0.267 e. The van der Waals surface area contributed by atoms with Crippen molar-refractivity contribution < 1.29 is 9.21 Å². The maximum Gasteiger partial charge on any atom is 0.267 e. The van der Waals surface area contributed by atoms with E-state index >= 15 is 0 Å². The van der Waals surface area contributed by atoms with Crippen molar-refractivity contribution in [2.24, 2.45) is 0 Å². The Labute approximate surface area is 168 Å². The predicted octanol–water partition coefficient (Wildman–Crippen LogP) is 3.57. The third-order valence-electron chi connectivity index (χ3n) is 4.80. The van der Waals surface area contributed by atoms with Crippen LogP contribution in [0.4, 0.5) is 5.69 Å². The number of carbonyl (C=O) groups is 1. The van der Waals surface area contributed by atoms with Gasteiger partial charge in [-0.15, -0.1) is 0 Å². The summed E-state index contributed by atoms with van der Waals surface area (Å²) in [6.07, 6.45) is 3.36. The summed E-state index contributed by atoms with van der Waals surface area (Å²) in [6.45, 7) is 6.34. The Morgan fingerprint density at radius 1 is 1.15 bits per heavy atom. The van der Waals surface area contributed by atoms with Crippen LogP contribution >= 0.6 is 24.0 Å². The molecule has 3 heterocycles. The van der Waals surface area contributed by atoms with Crippen molar-refractivity contribution >= 4 is 46.0 Å². The second kappa shape index (κ2) is 7.88. The number of aryl methyl sites for hydroxylation is 1. The van der Waals surface area contributed by atoms with Crippen LogP contribution in [0.1, 0.15) is 11.3 Å². The summed E-state index contributed by atoms with van der Waals surface area (Å²) < 4.78 is 5.92. The van der Waals surface area contributed by atoms with Gasteiger partial charge in [0.15, 0.2) is 0 Å². The van der Waals surface area contributed by atoms with Gasteiger partial charge in [0.25, 0.3) is 5.91 Å². The van der Waals surface area contributed by atoms with Crippen LogP contribution in [0.15, 0.2) is 52.0 Å². The molecule has 2 saturated heterocycles. The Balaban J connectivity index is 1.35. The number of benzene rings is 1. The first-order chi connectivity index (χ1) is 13.1. The van der Waals surface area contributed by atoms with E-state index < -0.39 is 0 Å². The molecule has 2 aliphatic heterocycles. The van der Waals surface area contributed by atoms with Gasteiger partial charge in [-0.05, 0) is 31.2 Å². The maximum absolute atomic E-state index is 12.7. The standard InChI is InChI=1S/C20H21N3O2S2/c1-15-4-6-16(7-5-15)22-10-8-21(9-11-22)14-23-19(24)18(27-20(23)26)13-17-3-2-12-25-17/h2-7,12-13H,8-11,14H2,1H3/b18-13+. The highest BCUT2D eigenvalue weighted by atomic mass is 32.2. The van der Waals surface area contributed by atoms with Crippen LogP contribution in [0.25, 0.3) is 6.08 Å². The fraction of sp³-hybridized carbons (Fsp3) is 0.300. The molecule has 7 heteroatoms. The number of piperazine rings is 1. The van der Waals surface area contributed by atoms with E-state index in [9.17, 15) is 4.79 Å². The lowest BCUT2D eigenvalue weighted by atomic mass is 10.2. The molecule has 4 rings (SSSR count). The second-order valence-electron chi connectivity index (χ2n) is 6.71. The largest absolute Gasteiger partial charge is 0.465 e. The number of thiocarbonyl (C=S) groups is 1. The maximum atomic E-state index is 12.7. The second-order valence-corrected chi connectivity index (χ2v) is 8.38. The number of amides is 1. The number of thioether (sulfide) groups is 1. The molecule has 0 bridgehead atoms. The van der Waals surface area contributed by atoms with E-state index in [1.54, 1.807) is 23.3 Å². The average molecular weight is 400 g/mol. The quantitative estimate of drug-likeness (QED) is 0.578. The first kappa shape index (κ1) is 18.3. The Morgan fingerprint density at radius 2 is 1.89 bits per heavy atom. The van der Waals surface area contributed by atoms with Crippen molar-refractivity contribution in [2.75, 3.05) is 37.7 Å². The van der Waals surface area contributed by atoms with Crippen LogP contribution < -0.4 is 4.90 Å². The van der Waals surface area contributed by atoms with Crippen molar-refractivity contribution in [3.8, 4) is 0 Å². The number of carbonyl (C=O) groups excluding carboxylic acids is 1. The number of furan rings is 1. The van der Waals surface area contributed by atoms with Gasteiger partial charge >= 0.3 is 0 Å². The lowest BCUT2D eigenvalue weighted by Gasteiger charge is -2.37. The zero-order valence-electron chi connectivity index (χ0n) is 15.1. The minimum atomic E-state index is -0.0395. The minimum absolute atomic E-state index is 0.0395. The molecule has 2 fully saturated rings. The molecule has 0 atom stereocenters. The molecule has 0 saturated carbocycles. The molecule has 1 amide bonds. The zero-order chi connectivity index (χ0) is 18.8. The van der Waals surface area contributed by atoms with Crippen molar-refractivity contribution in [3.63, 3.8) is 0 Å². The molecule has 5 nitrogen and oxygen atoms in total. The van der Waals surface area contributed by atoms with Crippen molar-refractivity contribution in [1.29, 1.82) is 0 Å². The Bertz CT molecular complexity index is 854. The van der Waals surface area contributed by atoms with Gasteiger partial charge < -0.3 is 9.32 Å².